The Kier molecular flexibility index (Phi) is 5.70. The zero-order valence-electron chi connectivity index (χ0n) is 15.7. The van der Waals surface area contributed by atoms with Gasteiger partial charge in [0.2, 0.25) is 5.91 Å². The monoisotopic (exact) mass is 416 g/mol. The molecule has 6 nitrogen and oxygen atoms in total. The molecule has 8 heteroatoms. The summed E-state index contributed by atoms with van der Waals surface area (Å²) in [6, 6.07) is 10.9. The maximum absolute atomic E-state index is 13.2. The van der Waals surface area contributed by atoms with Crippen LogP contribution in [0.1, 0.15) is 19.4 Å². The molecule has 0 fully saturated rings. The van der Waals surface area contributed by atoms with Gasteiger partial charge >= 0.3 is 5.97 Å². The molecule has 2 amide bonds. The van der Waals surface area contributed by atoms with Gasteiger partial charge in [0.25, 0.3) is 5.91 Å². The maximum atomic E-state index is 13.2. The highest BCUT2D eigenvalue weighted by molar-refractivity contribution is 6.30. The molecule has 29 heavy (non-hydrogen) atoms. The molecule has 150 valence electrons. The number of hydrogen-bond acceptors (Lipinski definition) is 4. The van der Waals surface area contributed by atoms with Crippen molar-refractivity contribution in [1.29, 1.82) is 0 Å². The highest BCUT2D eigenvalue weighted by atomic mass is 35.5. The molecule has 0 radical (unpaired) electrons. The number of benzene rings is 2. The Morgan fingerprint density at radius 3 is 2.69 bits per heavy atom. The van der Waals surface area contributed by atoms with Gasteiger partial charge in [-0.05, 0) is 49.8 Å². The number of nitrogens with zero attached hydrogens (tertiary/aromatic N) is 1. The third kappa shape index (κ3) is 4.30. The molecule has 1 heterocycles. The van der Waals surface area contributed by atoms with Crippen LogP contribution in [-0.4, -0.2) is 29.9 Å². The van der Waals surface area contributed by atoms with Crippen LogP contribution in [0.15, 0.2) is 48.5 Å². The van der Waals surface area contributed by atoms with Crippen LogP contribution >= 0.6 is 11.6 Å². The van der Waals surface area contributed by atoms with Gasteiger partial charge in [-0.2, -0.15) is 0 Å². The van der Waals surface area contributed by atoms with Crippen LogP contribution in [0.4, 0.5) is 15.8 Å². The Morgan fingerprint density at radius 2 is 1.97 bits per heavy atom. The van der Waals surface area contributed by atoms with Crippen LogP contribution in [0.25, 0.3) is 6.08 Å². The van der Waals surface area contributed by atoms with Crippen LogP contribution in [0.5, 0.6) is 0 Å². The van der Waals surface area contributed by atoms with Gasteiger partial charge in [-0.3, -0.25) is 14.5 Å². The van der Waals surface area contributed by atoms with Crippen LogP contribution in [0.2, 0.25) is 5.02 Å². The number of esters is 1. The van der Waals surface area contributed by atoms with Crippen molar-refractivity contribution in [2.24, 2.45) is 0 Å². The molecule has 0 atom stereocenters. The SMILES string of the molecule is CC1(C)C(=O)Nc2ccccc2N1C(=O)COC(=O)/C=C/c1ccc(F)c(Cl)c1. The lowest BCUT2D eigenvalue weighted by Gasteiger charge is -2.41. The summed E-state index contributed by atoms with van der Waals surface area (Å²) >= 11 is 5.69. The van der Waals surface area contributed by atoms with E-state index in [-0.39, 0.29) is 10.9 Å². The smallest absolute Gasteiger partial charge is 0.331 e. The number of halogens is 2. The first-order chi connectivity index (χ1) is 13.7. The molecular weight excluding hydrogens is 399 g/mol. The predicted molar refractivity (Wildman–Crippen MR) is 108 cm³/mol. The predicted octanol–water partition coefficient (Wildman–Crippen LogP) is 3.80. The highest BCUT2D eigenvalue weighted by Crippen LogP contribution is 2.36. The van der Waals surface area contributed by atoms with Crippen molar-refractivity contribution < 1.29 is 23.5 Å². The summed E-state index contributed by atoms with van der Waals surface area (Å²) < 4.78 is 18.2. The van der Waals surface area contributed by atoms with Crippen molar-refractivity contribution in [2.75, 3.05) is 16.8 Å². The Hall–Kier alpha value is -3.19. The second kappa shape index (κ2) is 8.05. The lowest BCUT2D eigenvalue weighted by Crippen LogP contribution is -2.59. The number of hydrogen-bond donors (Lipinski definition) is 1. The zero-order chi connectivity index (χ0) is 21.2. The fourth-order valence-corrected chi connectivity index (χ4v) is 3.11. The lowest BCUT2D eigenvalue weighted by atomic mass is 9.96. The molecule has 0 aromatic heterocycles. The number of amides is 2. The van der Waals surface area contributed by atoms with Gasteiger partial charge in [0.05, 0.1) is 16.4 Å². The summed E-state index contributed by atoms with van der Waals surface area (Å²) in [6.07, 6.45) is 2.50. The molecule has 2 aromatic rings. The summed E-state index contributed by atoms with van der Waals surface area (Å²) in [5.41, 5.74) is 0.375. The standard InChI is InChI=1S/C21H18ClFN2O4/c1-21(2)20(28)24-16-5-3-4-6-17(16)25(21)18(26)12-29-19(27)10-8-13-7-9-15(23)14(22)11-13/h3-11H,12H2,1-2H3,(H,24,28)/b10-8+. The quantitative estimate of drug-likeness (QED) is 0.607. The molecule has 0 aliphatic carbocycles. The molecule has 2 aromatic carbocycles. The zero-order valence-corrected chi connectivity index (χ0v) is 16.5. The van der Waals surface area contributed by atoms with Crippen molar-refractivity contribution >= 4 is 46.8 Å². The van der Waals surface area contributed by atoms with Gasteiger partial charge in [-0.25, -0.2) is 9.18 Å². The van der Waals surface area contributed by atoms with Crippen LogP contribution < -0.4 is 10.2 Å². The molecule has 3 rings (SSSR count). The number of ether oxygens (including phenoxy) is 1. The average molecular weight is 417 g/mol. The van der Waals surface area contributed by atoms with Gasteiger partial charge in [-0.15, -0.1) is 0 Å². The number of rotatable bonds is 4. The third-order valence-corrected chi connectivity index (χ3v) is 4.74. The van der Waals surface area contributed by atoms with Crippen molar-refractivity contribution in [3.63, 3.8) is 0 Å². The Morgan fingerprint density at radius 1 is 1.24 bits per heavy atom. The van der Waals surface area contributed by atoms with E-state index in [0.717, 1.165) is 6.08 Å². The number of para-hydroxylation sites is 2. The number of carbonyl (C=O) groups is 3. The van der Waals surface area contributed by atoms with Gasteiger partial charge in [0, 0.05) is 6.08 Å². The van der Waals surface area contributed by atoms with Gasteiger partial charge in [0.15, 0.2) is 6.61 Å². The number of anilines is 2. The second-order valence-electron chi connectivity index (χ2n) is 6.87. The highest BCUT2D eigenvalue weighted by Gasteiger charge is 2.43. The fraction of sp³-hybridized carbons (Fsp3) is 0.190. The summed E-state index contributed by atoms with van der Waals surface area (Å²) in [5, 5.41) is 2.69. The molecule has 1 N–H and O–H groups in total. The lowest BCUT2D eigenvalue weighted by molar-refractivity contribution is -0.143. The van der Waals surface area contributed by atoms with E-state index in [1.54, 1.807) is 38.1 Å². The molecule has 1 aliphatic rings. The van der Waals surface area contributed by atoms with E-state index in [1.165, 1.54) is 29.2 Å². The largest absolute Gasteiger partial charge is 0.452 e. The van der Waals surface area contributed by atoms with Crippen molar-refractivity contribution in [3.05, 3.63) is 64.9 Å². The van der Waals surface area contributed by atoms with E-state index in [0.29, 0.717) is 16.9 Å². The normalized spacial score (nSPS) is 15.0. The molecule has 0 saturated heterocycles. The minimum Gasteiger partial charge on any atom is -0.452 e. The molecule has 0 unspecified atom stereocenters. The first-order valence-corrected chi connectivity index (χ1v) is 9.11. The van der Waals surface area contributed by atoms with E-state index in [9.17, 15) is 18.8 Å². The minimum absolute atomic E-state index is 0.0695. The van der Waals surface area contributed by atoms with E-state index in [4.69, 9.17) is 16.3 Å². The van der Waals surface area contributed by atoms with E-state index in [1.807, 2.05) is 0 Å². The van der Waals surface area contributed by atoms with Crippen LogP contribution in [-0.2, 0) is 19.1 Å². The van der Waals surface area contributed by atoms with E-state index in [2.05, 4.69) is 5.32 Å². The number of fused-ring (bicyclic) bond motifs is 1. The minimum atomic E-state index is -1.15. The topological polar surface area (TPSA) is 75.7 Å². The Bertz CT molecular complexity index is 1020. The van der Waals surface area contributed by atoms with E-state index < -0.39 is 29.8 Å². The Balaban J connectivity index is 1.69. The summed E-state index contributed by atoms with van der Waals surface area (Å²) in [7, 11) is 0. The van der Waals surface area contributed by atoms with Crippen molar-refractivity contribution in [1.82, 2.24) is 0 Å². The molecule has 0 bridgehead atoms. The first kappa shape index (κ1) is 20.5. The molecule has 0 saturated carbocycles. The number of carbonyl (C=O) groups excluding carboxylic acids is 3. The summed E-state index contributed by atoms with van der Waals surface area (Å²) in [6.45, 7) is 2.67. The van der Waals surface area contributed by atoms with Gasteiger partial charge < -0.3 is 10.1 Å². The second-order valence-corrected chi connectivity index (χ2v) is 7.28. The fourth-order valence-electron chi connectivity index (χ4n) is 2.92. The van der Waals surface area contributed by atoms with Gasteiger partial charge in [-0.1, -0.05) is 29.8 Å². The number of nitrogens with one attached hydrogen (secondary N) is 1. The first-order valence-electron chi connectivity index (χ1n) is 8.73. The van der Waals surface area contributed by atoms with E-state index >= 15 is 0 Å². The summed E-state index contributed by atoms with van der Waals surface area (Å²) in [4.78, 5) is 38.4. The molecule has 0 spiro atoms. The summed E-state index contributed by atoms with van der Waals surface area (Å²) in [5.74, 6) is -2.20. The van der Waals surface area contributed by atoms with Crippen LogP contribution in [0, 0.1) is 5.82 Å². The maximum Gasteiger partial charge on any atom is 0.331 e. The average Bonchev–Trinajstić information content (AvgIpc) is 2.68. The van der Waals surface area contributed by atoms with Gasteiger partial charge in [0.1, 0.15) is 11.4 Å². The van der Waals surface area contributed by atoms with Crippen LogP contribution in [0.3, 0.4) is 0 Å². The molecular formula is C21H18ClFN2O4. The third-order valence-electron chi connectivity index (χ3n) is 4.45. The van der Waals surface area contributed by atoms with Crippen molar-refractivity contribution in [3.8, 4) is 0 Å². The molecule has 1 aliphatic heterocycles. The van der Waals surface area contributed by atoms with Crippen molar-refractivity contribution in [2.45, 2.75) is 19.4 Å². The Labute approximate surface area is 171 Å².